The second kappa shape index (κ2) is 21.2. The monoisotopic (exact) mass is 761 g/mol. The molecule has 49 heavy (non-hydrogen) atoms. The Labute approximate surface area is 310 Å². The third-order valence-electron chi connectivity index (χ3n) is 6.60. The van der Waals surface area contributed by atoms with E-state index in [0.717, 1.165) is 16.3 Å². The third kappa shape index (κ3) is 11.9. The predicted octanol–water partition coefficient (Wildman–Crippen LogP) is 6.74. The average Bonchev–Trinajstić information content (AvgIpc) is 3.56. The molecule has 0 atom stereocenters. The smallest absolute Gasteiger partial charge is 0.305 e. The summed E-state index contributed by atoms with van der Waals surface area (Å²) in [6.07, 6.45) is 1.43. The van der Waals surface area contributed by atoms with Gasteiger partial charge in [-0.25, -0.2) is 9.97 Å². The summed E-state index contributed by atoms with van der Waals surface area (Å²) >= 11 is 8.79. The van der Waals surface area contributed by atoms with Gasteiger partial charge in [-0.15, -0.1) is 36.2 Å². The highest BCUT2D eigenvalue weighted by Gasteiger charge is 2.23. The van der Waals surface area contributed by atoms with Crippen molar-refractivity contribution in [3.05, 3.63) is 75.8 Å². The lowest BCUT2D eigenvalue weighted by Gasteiger charge is -2.16. The zero-order chi connectivity index (χ0) is 33.6. The van der Waals surface area contributed by atoms with E-state index < -0.39 is 0 Å². The summed E-state index contributed by atoms with van der Waals surface area (Å²) in [5.41, 5.74) is 13.8. The van der Waals surface area contributed by atoms with Gasteiger partial charge in [-0.1, -0.05) is 47.6 Å². The number of hydrogen-bond acceptors (Lipinski definition) is 12. The standard InChI is InChI=1S/C33H32ClN7O4S2.2ClH/c34-23-9-5-22(6-10-23)32-39-24(19-46-32)20-47-33-27(18-38)30(26(17-37)31(41-33)40-28(42)3-1-13-35)21-7-11-25(12-8-21)44-15-16-45-29(43)4-2-14-36;;/h5-12,19H,1-4,13-16,20,35-36H2,(H,40,41,42);2*1H. The Morgan fingerprint density at radius 1 is 0.898 bits per heavy atom. The molecule has 0 unspecified atom stereocenters. The number of ether oxygens (including phenoxy) is 2. The van der Waals surface area contributed by atoms with Crippen LogP contribution in [0.3, 0.4) is 0 Å². The number of rotatable bonds is 16. The Hall–Kier alpha value is -3.92. The van der Waals surface area contributed by atoms with Crippen molar-refractivity contribution in [3.63, 3.8) is 0 Å². The van der Waals surface area contributed by atoms with Gasteiger partial charge in [0.1, 0.15) is 46.7 Å². The zero-order valence-corrected chi connectivity index (χ0v) is 30.2. The number of hydrogen-bond donors (Lipinski definition) is 3. The minimum Gasteiger partial charge on any atom is -0.490 e. The van der Waals surface area contributed by atoms with Crippen LogP contribution in [0.15, 0.2) is 58.9 Å². The van der Waals surface area contributed by atoms with E-state index in [1.54, 1.807) is 36.4 Å². The van der Waals surface area contributed by atoms with Gasteiger partial charge in [-0.3, -0.25) is 9.59 Å². The van der Waals surface area contributed by atoms with Crippen LogP contribution < -0.4 is 21.5 Å². The fraction of sp³-hybridized carbons (Fsp3) is 0.273. The molecule has 0 spiro atoms. The molecule has 4 rings (SSSR count). The number of thiazole rings is 1. The average molecular weight is 763 g/mol. The lowest BCUT2D eigenvalue weighted by atomic mass is 9.96. The first-order valence-corrected chi connectivity index (χ1v) is 16.9. The van der Waals surface area contributed by atoms with Crippen LogP contribution in [-0.4, -0.2) is 48.1 Å². The highest BCUT2D eigenvalue weighted by Crippen LogP contribution is 2.38. The number of anilines is 1. The van der Waals surface area contributed by atoms with Crippen LogP contribution in [0.2, 0.25) is 5.02 Å². The van der Waals surface area contributed by atoms with Crippen molar-refractivity contribution in [1.29, 1.82) is 10.5 Å². The molecule has 0 bridgehead atoms. The van der Waals surface area contributed by atoms with E-state index in [0.29, 0.717) is 58.6 Å². The largest absolute Gasteiger partial charge is 0.490 e. The molecular weight excluding hydrogens is 729 g/mol. The van der Waals surface area contributed by atoms with Crippen LogP contribution >= 0.6 is 59.5 Å². The minimum atomic E-state index is -0.342. The maximum Gasteiger partial charge on any atom is 0.305 e. The molecule has 2 aromatic heterocycles. The molecule has 0 aliphatic rings. The topological polar surface area (TPSA) is 190 Å². The molecule has 0 radical (unpaired) electrons. The van der Waals surface area contributed by atoms with Gasteiger partial charge in [-0.2, -0.15) is 10.5 Å². The number of thioether (sulfide) groups is 1. The molecule has 1 amide bonds. The van der Waals surface area contributed by atoms with Crippen LogP contribution in [0.25, 0.3) is 21.7 Å². The van der Waals surface area contributed by atoms with E-state index in [2.05, 4.69) is 22.4 Å². The molecule has 0 saturated heterocycles. The van der Waals surface area contributed by atoms with E-state index >= 15 is 0 Å². The first kappa shape index (κ1) is 41.3. The van der Waals surface area contributed by atoms with Crippen LogP contribution in [0, 0.1) is 22.7 Å². The molecule has 2 heterocycles. The quantitative estimate of drug-likeness (QED) is 0.0622. The van der Waals surface area contributed by atoms with Gasteiger partial charge in [-0.05, 0) is 55.8 Å². The Morgan fingerprint density at radius 2 is 1.55 bits per heavy atom. The summed E-state index contributed by atoms with van der Waals surface area (Å²) < 4.78 is 10.8. The number of pyridine rings is 1. The van der Waals surface area contributed by atoms with Crippen molar-refractivity contribution in [1.82, 2.24) is 9.97 Å². The van der Waals surface area contributed by atoms with Gasteiger partial charge in [0, 0.05) is 40.1 Å². The first-order chi connectivity index (χ1) is 22.9. The normalized spacial score (nSPS) is 10.1. The lowest BCUT2D eigenvalue weighted by molar-refractivity contribution is -0.144. The highest BCUT2D eigenvalue weighted by atomic mass is 35.5. The van der Waals surface area contributed by atoms with E-state index in [-0.39, 0.29) is 79.7 Å². The molecular formula is C33H34Cl3N7O4S2. The van der Waals surface area contributed by atoms with Crippen LogP contribution in [0.1, 0.15) is 42.5 Å². The number of nitrogens with two attached hydrogens (primary N) is 2. The zero-order valence-electron chi connectivity index (χ0n) is 26.1. The number of benzene rings is 2. The van der Waals surface area contributed by atoms with Crippen LogP contribution in [0.5, 0.6) is 5.75 Å². The molecule has 4 aromatic rings. The van der Waals surface area contributed by atoms with Gasteiger partial charge in [0.25, 0.3) is 0 Å². The van der Waals surface area contributed by atoms with Crippen LogP contribution in [0.4, 0.5) is 5.82 Å². The molecule has 11 nitrogen and oxygen atoms in total. The maximum atomic E-state index is 12.7. The van der Waals surface area contributed by atoms with Crippen molar-refractivity contribution in [3.8, 4) is 39.6 Å². The number of aromatic nitrogens is 2. The van der Waals surface area contributed by atoms with Gasteiger partial charge in [0.05, 0.1) is 11.3 Å². The number of nitrogens with one attached hydrogen (secondary N) is 1. The Kier molecular flexibility index (Phi) is 17.9. The SMILES string of the molecule is Cl.Cl.N#Cc1c(NC(=O)CCCN)nc(SCc2csc(-c3ccc(Cl)cc3)n2)c(C#N)c1-c1ccc(OCCOC(=O)CCCN)cc1. The van der Waals surface area contributed by atoms with Crippen molar-refractivity contribution in [2.75, 3.05) is 31.6 Å². The number of nitriles is 2. The summed E-state index contributed by atoms with van der Waals surface area (Å²) in [6, 6.07) is 18.6. The van der Waals surface area contributed by atoms with E-state index in [9.17, 15) is 20.1 Å². The number of nitrogens with zero attached hydrogens (tertiary/aromatic N) is 4. The summed E-state index contributed by atoms with van der Waals surface area (Å²) in [6.45, 7) is 0.978. The summed E-state index contributed by atoms with van der Waals surface area (Å²) in [7, 11) is 0. The maximum absolute atomic E-state index is 12.7. The van der Waals surface area contributed by atoms with Crippen molar-refractivity contribution >= 4 is 77.2 Å². The summed E-state index contributed by atoms with van der Waals surface area (Å²) in [4.78, 5) is 33.7. The van der Waals surface area contributed by atoms with Gasteiger partial charge in [0.2, 0.25) is 5.91 Å². The molecule has 0 saturated carbocycles. The second-order valence-electron chi connectivity index (χ2n) is 9.98. The Balaban J connectivity index is 0.00000417. The third-order valence-corrected chi connectivity index (χ3v) is 8.80. The van der Waals surface area contributed by atoms with Gasteiger partial charge >= 0.3 is 5.97 Å². The van der Waals surface area contributed by atoms with Crippen LogP contribution in [-0.2, 0) is 20.1 Å². The Morgan fingerprint density at radius 3 is 2.20 bits per heavy atom. The fourth-order valence-corrected chi connectivity index (χ4v) is 6.25. The molecule has 5 N–H and O–H groups in total. The molecule has 0 fully saturated rings. The number of carbonyl (C=O) groups excluding carboxylic acids is 2. The second-order valence-corrected chi connectivity index (χ2v) is 12.2. The number of halogens is 3. The number of esters is 1. The number of amides is 1. The first-order valence-electron chi connectivity index (χ1n) is 14.7. The van der Waals surface area contributed by atoms with Crippen molar-refractivity contribution in [2.24, 2.45) is 11.5 Å². The molecule has 258 valence electrons. The number of carbonyl (C=O) groups is 2. The molecule has 16 heteroatoms. The van der Waals surface area contributed by atoms with E-state index in [4.69, 9.17) is 37.5 Å². The minimum absolute atomic E-state index is 0. The molecule has 2 aromatic carbocycles. The summed E-state index contributed by atoms with van der Waals surface area (Å²) in [5, 5.41) is 27.0. The van der Waals surface area contributed by atoms with Gasteiger partial charge < -0.3 is 26.3 Å². The Bertz CT molecular complexity index is 1780. The molecule has 0 aliphatic heterocycles. The van der Waals surface area contributed by atoms with E-state index in [1.807, 2.05) is 17.5 Å². The van der Waals surface area contributed by atoms with E-state index in [1.165, 1.54) is 23.1 Å². The van der Waals surface area contributed by atoms with Gasteiger partial charge in [0.15, 0.2) is 5.82 Å². The lowest BCUT2D eigenvalue weighted by Crippen LogP contribution is -2.16. The summed E-state index contributed by atoms with van der Waals surface area (Å²) in [5.74, 6) is 0.272. The molecule has 0 aliphatic carbocycles. The predicted molar refractivity (Wildman–Crippen MR) is 197 cm³/mol. The van der Waals surface area contributed by atoms with Crippen molar-refractivity contribution < 1.29 is 19.1 Å². The fourth-order valence-electron chi connectivity index (χ4n) is 4.31. The highest BCUT2D eigenvalue weighted by molar-refractivity contribution is 7.98. The van der Waals surface area contributed by atoms with Crippen molar-refractivity contribution in [2.45, 2.75) is 36.5 Å².